The number of thiocarbonyl (C=S) groups is 1. The van der Waals surface area contributed by atoms with Crippen LogP contribution >= 0.6 is 12.2 Å². The van der Waals surface area contributed by atoms with Crippen molar-refractivity contribution in [3.8, 4) is 17.2 Å². The molecule has 0 fully saturated rings. The first-order chi connectivity index (χ1) is 12.6. The van der Waals surface area contributed by atoms with E-state index in [-0.39, 0.29) is 11.0 Å². The zero-order valence-corrected chi connectivity index (χ0v) is 15.4. The summed E-state index contributed by atoms with van der Waals surface area (Å²) < 4.78 is 11.3. The van der Waals surface area contributed by atoms with E-state index in [4.69, 9.17) is 21.4 Å². The summed E-state index contributed by atoms with van der Waals surface area (Å²) in [5.74, 6) is 1.20. The van der Waals surface area contributed by atoms with Crippen LogP contribution in [-0.2, 0) is 4.79 Å². The minimum atomic E-state index is -0.136. The van der Waals surface area contributed by atoms with Crippen molar-refractivity contribution < 1.29 is 13.9 Å². The lowest BCUT2D eigenvalue weighted by atomic mass is 10.2. The number of hydrogen-bond acceptors (Lipinski definition) is 5. The third kappa shape index (κ3) is 4.18. The SMILES string of the molecule is CCOc1ccc(-c2nc3cc(NC(=S)NC(=O)CC)ccc3o2)cc1. The maximum Gasteiger partial charge on any atom is 0.227 e. The van der Waals surface area contributed by atoms with Crippen LogP contribution in [-0.4, -0.2) is 22.6 Å². The van der Waals surface area contributed by atoms with E-state index in [1.165, 1.54) is 0 Å². The molecule has 134 valence electrons. The van der Waals surface area contributed by atoms with Crippen LogP contribution in [0.3, 0.4) is 0 Å². The van der Waals surface area contributed by atoms with Crippen molar-refractivity contribution in [3.63, 3.8) is 0 Å². The number of nitrogens with zero attached hydrogens (tertiary/aromatic N) is 1. The number of amides is 1. The Hall–Kier alpha value is -2.93. The summed E-state index contributed by atoms with van der Waals surface area (Å²) in [6.07, 6.45) is 0.371. The molecular weight excluding hydrogens is 350 g/mol. The van der Waals surface area contributed by atoms with E-state index >= 15 is 0 Å². The number of rotatable bonds is 5. The van der Waals surface area contributed by atoms with Gasteiger partial charge in [0.25, 0.3) is 0 Å². The van der Waals surface area contributed by atoms with Gasteiger partial charge in [-0.15, -0.1) is 0 Å². The lowest BCUT2D eigenvalue weighted by Crippen LogP contribution is -2.33. The Morgan fingerprint density at radius 1 is 1.19 bits per heavy atom. The van der Waals surface area contributed by atoms with E-state index in [0.717, 1.165) is 17.0 Å². The summed E-state index contributed by atoms with van der Waals surface area (Å²) >= 11 is 5.12. The van der Waals surface area contributed by atoms with Crippen molar-refractivity contribution >= 4 is 40.0 Å². The fourth-order valence-electron chi connectivity index (χ4n) is 2.37. The van der Waals surface area contributed by atoms with Gasteiger partial charge in [-0.2, -0.15) is 0 Å². The van der Waals surface area contributed by atoms with Crippen molar-refractivity contribution in [3.05, 3.63) is 42.5 Å². The van der Waals surface area contributed by atoms with Crippen LogP contribution in [0.1, 0.15) is 20.3 Å². The number of aromatic nitrogens is 1. The van der Waals surface area contributed by atoms with Crippen molar-refractivity contribution in [1.82, 2.24) is 10.3 Å². The third-order valence-electron chi connectivity index (χ3n) is 3.63. The molecule has 3 aromatic rings. The molecule has 0 saturated carbocycles. The van der Waals surface area contributed by atoms with Crippen molar-refractivity contribution in [2.45, 2.75) is 20.3 Å². The molecule has 0 saturated heterocycles. The van der Waals surface area contributed by atoms with Crippen LogP contribution in [0.4, 0.5) is 5.69 Å². The average Bonchev–Trinajstić information content (AvgIpc) is 3.05. The normalized spacial score (nSPS) is 10.5. The number of anilines is 1. The Bertz CT molecular complexity index is 935. The zero-order chi connectivity index (χ0) is 18.5. The molecule has 0 bridgehead atoms. The van der Waals surface area contributed by atoms with E-state index in [1.807, 2.05) is 49.4 Å². The average molecular weight is 369 g/mol. The van der Waals surface area contributed by atoms with Gasteiger partial charge in [-0.25, -0.2) is 4.98 Å². The number of carbonyl (C=O) groups excluding carboxylic acids is 1. The fourth-order valence-corrected chi connectivity index (χ4v) is 2.60. The van der Waals surface area contributed by atoms with Crippen LogP contribution in [0.25, 0.3) is 22.6 Å². The minimum Gasteiger partial charge on any atom is -0.494 e. The molecule has 3 rings (SSSR count). The van der Waals surface area contributed by atoms with Gasteiger partial charge < -0.3 is 19.8 Å². The summed E-state index contributed by atoms with van der Waals surface area (Å²) in [5.41, 5.74) is 2.96. The highest BCUT2D eigenvalue weighted by molar-refractivity contribution is 7.80. The predicted octanol–water partition coefficient (Wildman–Crippen LogP) is 4.12. The van der Waals surface area contributed by atoms with Crippen LogP contribution in [0.5, 0.6) is 5.75 Å². The van der Waals surface area contributed by atoms with Gasteiger partial charge in [0.2, 0.25) is 11.8 Å². The molecular formula is C19H19N3O3S. The molecule has 1 aromatic heterocycles. The molecule has 2 aromatic carbocycles. The van der Waals surface area contributed by atoms with Crippen molar-refractivity contribution in [2.75, 3.05) is 11.9 Å². The lowest BCUT2D eigenvalue weighted by molar-refractivity contribution is -0.119. The van der Waals surface area contributed by atoms with Crippen LogP contribution in [0, 0.1) is 0 Å². The Morgan fingerprint density at radius 2 is 1.96 bits per heavy atom. The number of oxazole rings is 1. The molecule has 0 spiro atoms. The molecule has 0 aliphatic rings. The maximum absolute atomic E-state index is 11.4. The molecule has 7 heteroatoms. The molecule has 0 atom stereocenters. The molecule has 6 nitrogen and oxygen atoms in total. The van der Waals surface area contributed by atoms with Gasteiger partial charge in [0.1, 0.15) is 11.3 Å². The first-order valence-electron chi connectivity index (χ1n) is 8.33. The van der Waals surface area contributed by atoms with Crippen molar-refractivity contribution in [1.29, 1.82) is 0 Å². The lowest BCUT2D eigenvalue weighted by Gasteiger charge is -2.08. The highest BCUT2D eigenvalue weighted by Gasteiger charge is 2.10. The summed E-state index contributed by atoms with van der Waals surface area (Å²) in [6.45, 7) is 4.33. The minimum absolute atomic E-state index is 0.136. The Morgan fingerprint density at radius 3 is 2.65 bits per heavy atom. The second kappa shape index (κ2) is 7.97. The fraction of sp³-hybridized carbons (Fsp3) is 0.211. The first-order valence-corrected chi connectivity index (χ1v) is 8.74. The quantitative estimate of drug-likeness (QED) is 0.659. The number of ether oxygens (including phenoxy) is 1. The summed E-state index contributed by atoms with van der Waals surface area (Å²) in [5, 5.41) is 5.83. The van der Waals surface area contributed by atoms with Crippen LogP contribution in [0.15, 0.2) is 46.9 Å². The van der Waals surface area contributed by atoms with Gasteiger partial charge in [0.15, 0.2) is 10.7 Å². The summed E-state index contributed by atoms with van der Waals surface area (Å²) in [6, 6.07) is 13.0. The van der Waals surface area contributed by atoms with Gasteiger partial charge in [-0.1, -0.05) is 6.92 Å². The van der Waals surface area contributed by atoms with Gasteiger partial charge in [-0.3, -0.25) is 4.79 Å². The molecule has 1 heterocycles. The largest absolute Gasteiger partial charge is 0.494 e. The molecule has 1 amide bonds. The Labute approximate surface area is 156 Å². The summed E-state index contributed by atoms with van der Waals surface area (Å²) in [7, 11) is 0. The first kappa shape index (κ1) is 17.9. The second-order valence-electron chi connectivity index (χ2n) is 5.51. The molecule has 2 N–H and O–H groups in total. The highest BCUT2D eigenvalue weighted by atomic mass is 32.1. The standard InChI is InChI=1S/C19H19N3O3S/c1-3-17(23)22-19(26)20-13-7-10-16-15(11-13)21-18(25-16)12-5-8-14(9-6-12)24-4-2/h5-11H,3-4H2,1-2H3,(H2,20,22,23,26). The third-order valence-corrected chi connectivity index (χ3v) is 3.84. The van der Waals surface area contributed by atoms with E-state index in [0.29, 0.717) is 30.0 Å². The molecule has 0 radical (unpaired) electrons. The predicted molar refractivity (Wildman–Crippen MR) is 105 cm³/mol. The molecule has 0 aliphatic carbocycles. The van der Waals surface area contributed by atoms with E-state index in [2.05, 4.69) is 15.6 Å². The monoisotopic (exact) mass is 369 g/mol. The van der Waals surface area contributed by atoms with E-state index in [9.17, 15) is 4.79 Å². The zero-order valence-electron chi connectivity index (χ0n) is 14.5. The Balaban J connectivity index is 1.78. The number of carbonyl (C=O) groups is 1. The van der Waals surface area contributed by atoms with Crippen molar-refractivity contribution in [2.24, 2.45) is 0 Å². The van der Waals surface area contributed by atoms with Gasteiger partial charge in [-0.05, 0) is 61.6 Å². The molecule has 0 unspecified atom stereocenters. The van der Waals surface area contributed by atoms with Gasteiger partial charge in [0.05, 0.1) is 6.61 Å². The number of fused-ring (bicyclic) bond motifs is 1. The van der Waals surface area contributed by atoms with E-state index < -0.39 is 0 Å². The Kier molecular flexibility index (Phi) is 5.48. The number of benzene rings is 2. The second-order valence-corrected chi connectivity index (χ2v) is 5.92. The number of nitrogens with one attached hydrogen (secondary N) is 2. The van der Waals surface area contributed by atoms with E-state index in [1.54, 1.807) is 6.92 Å². The smallest absolute Gasteiger partial charge is 0.227 e. The van der Waals surface area contributed by atoms with Crippen LogP contribution in [0.2, 0.25) is 0 Å². The molecule has 0 aliphatic heterocycles. The summed E-state index contributed by atoms with van der Waals surface area (Å²) in [4.78, 5) is 15.9. The van der Waals surface area contributed by atoms with Crippen LogP contribution < -0.4 is 15.4 Å². The topological polar surface area (TPSA) is 76.4 Å². The van der Waals surface area contributed by atoms with Gasteiger partial charge >= 0.3 is 0 Å². The maximum atomic E-state index is 11.4. The van der Waals surface area contributed by atoms with Gasteiger partial charge in [0, 0.05) is 17.7 Å². The molecule has 26 heavy (non-hydrogen) atoms. The number of hydrogen-bond donors (Lipinski definition) is 2. The highest BCUT2D eigenvalue weighted by Crippen LogP contribution is 2.27.